The zero-order valence-corrected chi connectivity index (χ0v) is 7.13. The van der Waals surface area contributed by atoms with Gasteiger partial charge in [0.15, 0.2) is 0 Å². The van der Waals surface area contributed by atoms with Crippen molar-refractivity contribution in [1.82, 2.24) is 0 Å². The van der Waals surface area contributed by atoms with Gasteiger partial charge in [0.25, 0.3) is 0 Å². The maximum atomic E-state index is 11.1. The minimum atomic E-state index is -1.17. The Balaban J connectivity index is 2.12. The van der Waals surface area contributed by atoms with Crippen LogP contribution in [0.4, 0.5) is 0 Å². The first-order valence-electron chi connectivity index (χ1n) is 4.21. The molecule has 1 unspecified atom stereocenters. The van der Waals surface area contributed by atoms with Crippen molar-refractivity contribution in [2.75, 3.05) is 0 Å². The van der Waals surface area contributed by atoms with Crippen molar-refractivity contribution in [3.05, 3.63) is 0 Å². The van der Waals surface area contributed by atoms with Gasteiger partial charge >= 0.3 is 17.9 Å². The van der Waals surface area contributed by atoms with Gasteiger partial charge in [-0.25, -0.2) is 0 Å². The van der Waals surface area contributed by atoms with Crippen LogP contribution in [0.25, 0.3) is 0 Å². The lowest BCUT2D eigenvalue weighted by molar-refractivity contribution is -0.159. The van der Waals surface area contributed by atoms with E-state index >= 15 is 0 Å². The number of aliphatic hydroxyl groups is 1. The number of ether oxygens (including phenoxy) is 2. The fraction of sp³-hybridized carbons (Fsp3) is 0.625. The van der Waals surface area contributed by atoms with Gasteiger partial charge in [-0.2, -0.15) is 0 Å². The molecular formula is C8H8O6. The molecule has 0 aromatic carbocycles. The fourth-order valence-corrected chi connectivity index (χ4v) is 1.71. The van der Waals surface area contributed by atoms with Crippen LogP contribution in [0.15, 0.2) is 0 Å². The van der Waals surface area contributed by atoms with Gasteiger partial charge in [-0.15, -0.1) is 0 Å². The summed E-state index contributed by atoms with van der Waals surface area (Å²) < 4.78 is 8.77. The highest BCUT2D eigenvalue weighted by Crippen LogP contribution is 2.33. The monoisotopic (exact) mass is 200 g/mol. The second-order valence-electron chi connectivity index (χ2n) is 3.34. The standard InChI is InChI=1S/C8H8O6/c9-5-1-3(7(11)13-5)4-2-6(10)14-8(4)12/h3-5,9H,1-2H2/t3-,4-,5?/m0/s1. The molecule has 0 aromatic heterocycles. The Hall–Kier alpha value is -1.43. The molecular weight excluding hydrogens is 192 g/mol. The van der Waals surface area contributed by atoms with Gasteiger partial charge in [0.2, 0.25) is 6.29 Å². The number of carbonyl (C=O) groups is 3. The smallest absolute Gasteiger partial charge is 0.318 e. The van der Waals surface area contributed by atoms with Gasteiger partial charge in [-0.3, -0.25) is 14.4 Å². The van der Waals surface area contributed by atoms with Crippen LogP contribution in [0.5, 0.6) is 0 Å². The fourth-order valence-electron chi connectivity index (χ4n) is 1.71. The largest absolute Gasteiger partial charge is 0.436 e. The number of carbonyl (C=O) groups excluding carboxylic acids is 3. The topological polar surface area (TPSA) is 89.9 Å². The van der Waals surface area contributed by atoms with Crippen LogP contribution in [0.2, 0.25) is 0 Å². The van der Waals surface area contributed by atoms with E-state index in [1.807, 2.05) is 0 Å². The molecule has 76 valence electrons. The molecule has 3 atom stereocenters. The highest BCUT2D eigenvalue weighted by atomic mass is 16.6. The molecule has 0 spiro atoms. The Morgan fingerprint density at radius 1 is 1.14 bits per heavy atom. The van der Waals surface area contributed by atoms with E-state index < -0.39 is 36.0 Å². The summed E-state index contributed by atoms with van der Waals surface area (Å²) in [7, 11) is 0. The molecule has 2 saturated heterocycles. The van der Waals surface area contributed by atoms with Gasteiger partial charge < -0.3 is 14.6 Å². The van der Waals surface area contributed by atoms with Gasteiger partial charge in [0, 0.05) is 6.42 Å². The van der Waals surface area contributed by atoms with Gasteiger partial charge in [-0.05, 0) is 0 Å². The molecule has 0 radical (unpaired) electrons. The number of aliphatic hydroxyl groups excluding tert-OH is 1. The molecule has 0 amide bonds. The molecule has 6 nitrogen and oxygen atoms in total. The van der Waals surface area contributed by atoms with Crippen LogP contribution < -0.4 is 0 Å². The predicted octanol–water partition coefficient (Wildman–Crippen LogP) is -1.04. The Labute approximate surface area is 78.8 Å². The molecule has 1 N–H and O–H groups in total. The van der Waals surface area contributed by atoms with Crippen molar-refractivity contribution < 1.29 is 29.0 Å². The van der Waals surface area contributed by atoms with Crippen LogP contribution >= 0.6 is 0 Å². The molecule has 0 aliphatic carbocycles. The van der Waals surface area contributed by atoms with Crippen molar-refractivity contribution in [1.29, 1.82) is 0 Å². The van der Waals surface area contributed by atoms with Gasteiger partial charge in [-0.1, -0.05) is 0 Å². The average Bonchev–Trinajstić information content (AvgIpc) is 2.55. The Kier molecular flexibility index (Phi) is 1.99. The van der Waals surface area contributed by atoms with Crippen molar-refractivity contribution in [3.63, 3.8) is 0 Å². The quantitative estimate of drug-likeness (QED) is 0.429. The Bertz CT molecular complexity index is 309. The SMILES string of the molecule is O=C1C[C@@H]([C@@H]2CC(O)OC2=O)C(=O)O1. The van der Waals surface area contributed by atoms with Crippen molar-refractivity contribution >= 4 is 17.9 Å². The van der Waals surface area contributed by atoms with E-state index in [1.165, 1.54) is 0 Å². The predicted molar refractivity (Wildman–Crippen MR) is 39.4 cm³/mol. The first-order chi connectivity index (χ1) is 6.58. The zero-order valence-electron chi connectivity index (χ0n) is 7.13. The van der Waals surface area contributed by atoms with E-state index in [1.54, 1.807) is 0 Å². The van der Waals surface area contributed by atoms with Crippen LogP contribution in [0.3, 0.4) is 0 Å². The van der Waals surface area contributed by atoms with Gasteiger partial charge in [0.05, 0.1) is 18.3 Å². The number of hydrogen-bond acceptors (Lipinski definition) is 6. The summed E-state index contributed by atoms with van der Waals surface area (Å²) in [5.74, 6) is -3.51. The third-order valence-electron chi connectivity index (χ3n) is 2.40. The second kappa shape index (κ2) is 3.06. The summed E-state index contributed by atoms with van der Waals surface area (Å²) in [5, 5.41) is 9.00. The summed E-state index contributed by atoms with van der Waals surface area (Å²) in [6, 6.07) is 0. The minimum absolute atomic E-state index is 0.0475. The lowest BCUT2D eigenvalue weighted by Crippen LogP contribution is -2.23. The van der Waals surface area contributed by atoms with Crippen molar-refractivity contribution in [2.24, 2.45) is 11.8 Å². The van der Waals surface area contributed by atoms with Crippen LogP contribution in [0.1, 0.15) is 12.8 Å². The number of rotatable bonds is 1. The molecule has 2 aliphatic rings. The highest BCUT2D eigenvalue weighted by molar-refractivity contribution is 5.97. The van der Waals surface area contributed by atoms with Gasteiger partial charge in [0.1, 0.15) is 0 Å². The Morgan fingerprint density at radius 2 is 1.86 bits per heavy atom. The maximum absolute atomic E-state index is 11.1. The third kappa shape index (κ3) is 1.37. The molecule has 14 heavy (non-hydrogen) atoms. The molecule has 6 heteroatoms. The number of hydrogen-bond donors (Lipinski definition) is 1. The summed E-state index contributed by atoms with van der Waals surface area (Å²) in [6.45, 7) is 0. The molecule has 0 aromatic rings. The summed E-state index contributed by atoms with van der Waals surface area (Å²) in [6.07, 6.45) is -1.23. The van der Waals surface area contributed by atoms with E-state index in [2.05, 4.69) is 9.47 Å². The summed E-state index contributed by atoms with van der Waals surface area (Å²) >= 11 is 0. The summed E-state index contributed by atoms with van der Waals surface area (Å²) in [4.78, 5) is 33.0. The van der Waals surface area contributed by atoms with Crippen LogP contribution in [0, 0.1) is 11.8 Å². The second-order valence-corrected chi connectivity index (χ2v) is 3.34. The first kappa shape index (κ1) is 9.14. The molecule has 2 heterocycles. The van der Waals surface area contributed by atoms with Crippen molar-refractivity contribution in [2.45, 2.75) is 19.1 Å². The lowest BCUT2D eigenvalue weighted by Gasteiger charge is -2.07. The Morgan fingerprint density at radius 3 is 2.29 bits per heavy atom. The lowest BCUT2D eigenvalue weighted by atomic mass is 9.90. The number of cyclic esters (lactones) is 3. The van der Waals surface area contributed by atoms with E-state index in [-0.39, 0.29) is 12.8 Å². The van der Waals surface area contributed by atoms with E-state index in [0.717, 1.165) is 0 Å². The normalized spacial score (nSPS) is 37.2. The molecule has 2 fully saturated rings. The third-order valence-corrected chi connectivity index (χ3v) is 2.40. The van der Waals surface area contributed by atoms with E-state index in [0.29, 0.717) is 0 Å². The van der Waals surface area contributed by atoms with Crippen molar-refractivity contribution in [3.8, 4) is 0 Å². The highest BCUT2D eigenvalue weighted by Gasteiger charge is 2.47. The summed E-state index contributed by atoms with van der Waals surface area (Å²) in [5.41, 5.74) is 0. The van der Waals surface area contributed by atoms with E-state index in [4.69, 9.17) is 5.11 Å². The zero-order chi connectivity index (χ0) is 10.3. The molecule has 0 bridgehead atoms. The van der Waals surface area contributed by atoms with E-state index in [9.17, 15) is 14.4 Å². The average molecular weight is 200 g/mol. The molecule has 0 saturated carbocycles. The number of esters is 3. The maximum Gasteiger partial charge on any atom is 0.318 e. The molecule has 2 aliphatic heterocycles. The van der Waals surface area contributed by atoms with Crippen LogP contribution in [-0.4, -0.2) is 29.3 Å². The minimum Gasteiger partial charge on any atom is -0.436 e. The van der Waals surface area contributed by atoms with Crippen LogP contribution in [-0.2, 0) is 23.9 Å². The first-order valence-corrected chi connectivity index (χ1v) is 4.21. The molecule has 2 rings (SSSR count).